The molecule has 0 bridgehead atoms. The Labute approximate surface area is 255 Å². The van der Waals surface area contributed by atoms with Crippen LogP contribution in [-0.2, 0) is 20.9 Å². The first-order valence-corrected chi connectivity index (χ1v) is 14.6. The fourth-order valence-corrected chi connectivity index (χ4v) is 5.90. The smallest absolute Gasteiger partial charge is 0.309 e. The highest BCUT2D eigenvalue weighted by Gasteiger charge is 2.47. The topological polar surface area (TPSA) is 92.1 Å². The maximum absolute atomic E-state index is 14.0. The number of hydrogen-bond donors (Lipinski definition) is 0. The van der Waals surface area contributed by atoms with Crippen molar-refractivity contribution in [3.8, 4) is 28.4 Å². The molecule has 2 atom stereocenters. The number of ether oxygens (including phenoxy) is 4. The molecule has 5 rings (SSSR count). The van der Waals surface area contributed by atoms with Gasteiger partial charge in [-0.1, -0.05) is 23.2 Å². The summed E-state index contributed by atoms with van der Waals surface area (Å²) < 4.78 is 24.2. The standard InChI is InChI=1S/C31H35Cl2N3O6/c1-7-41-30(38)22-13-20(22)21-14-23-26(15-25(21)40-6)42-16-24-27(29(37)35(4)31(2,3)8-9-39-5)34-36(28(23)24)19-11-17(32)10-18(33)12-19/h10-12,14-15,20,22H,7-9,13,16H2,1-6H3/t20?,22-/m1/s1. The van der Waals surface area contributed by atoms with Crippen LogP contribution in [-0.4, -0.2) is 66.6 Å². The molecule has 0 saturated heterocycles. The van der Waals surface area contributed by atoms with E-state index < -0.39 is 5.54 Å². The Morgan fingerprint density at radius 1 is 1.14 bits per heavy atom. The Balaban J connectivity index is 1.66. The molecule has 1 fully saturated rings. The van der Waals surface area contributed by atoms with E-state index in [0.29, 0.717) is 64.5 Å². The molecule has 0 radical (unpaired) electrons. The summed E-state index contributed by atoms with van der Waals surface area (Å²) >= 11 is 12.8. The minimum Gasteiger partial charge on any atom is -0.496 e. The summed E-state index contributed by atoms with van der Waals surface area (Å²) in [6.45, 7) is 6.74. The van der Waals surface area contributed by atoms with Crippen LogP contribution >= 0.6 is 23.2 Å². The van der Waals surface area contributed by atoms with Crippen LogP contribution in [0.15, 0.2) is 30.3 Å². The summed E-state index contributed by atoms with van der Waals surface area (Å²) in [5.74, 6) is 0.452. The van der Waals surface area contributed by atoms with Gasteiger partial charge < -0.3 is 23.8 Å². The van der Waals surface area contributed by atoms with E-state index in [1.54, 1.807) is 56.0 Å². The lowest BCUT2D eigenvalue weighted by atomic mass is 9.95. The molecule has 2 aromatic carbocycles. The van der Waals surface area contributed by atoms with Crippen molar-refractivity contribution in [1.82, 2.24) is 14.7 Å². The minimum absolute atomic E-state index is 0.0551. The lowest BCUT2D eigenvalue weighted by Gasteiger charge is -2.35. The Hall–Kier alpha value is -3.27. The van der Waals surface area contributed by atoms with Crippen LogP contribution in [0.25, 0.3) is 16.9 Å². The lowest BCUT2D eigenvalue weighted by molar-refractivity contribution is -0.144. The third kappa shape index (κ3) is 5.57. The summed E-state index contributed by atoms with van der Waals surface area (Å²) in [4.78, 5) is 28.2. The molecule has 9 nitrogen and oxygen atoms in total. The highest BCUT2D eigenvalue weighted by Crippen LogP contribution is 2.54. The van der Waals surface area contributed by atoms with Crippen LogP contribution in [0.3, 0.4) is 0 Å². The van der Waals surface area contributed by atoms with Crippen molar-refractivity contribution in [2.45, 2.75) is 51.7 Å². The maximum atomic E-state index is 14.0. The van der Waals surface area contributed by atoms with Gasteiger partial charge in [0.15, 0.2) is 5.69 Å². The zero-order chi connectivity index (χ0) is 30.3. The second-order valence-corrected chi connectivity index (χ2v) is 12.1. The van der Waals surface area contributed by atoms with Crippen LogP contribution in [0.5, 0.6) is 11.5 Å². The first kappa shape index (κ1) is 30.2. The quantitative estimate of drug-likeness (QED) is 0.247. The van der Waals surface area contributed by atoms with Crippen molar-refractivity contribution in [1.29, 1.82) is 0 Å². The SMILES string of the molecule is CCOC(=O)[C@@H]1CC1c1cc2c(cc1OC)OCc1c(C(=O)N(C)C(C)(C)CCOC)nn(-c3cc(Cl)cc(Cl)c3)c1-2. The fraction of sp³-hybridized carbons (Fsp3) is 0.452. The van der Waals surface area contributed by atoms with E-state index >= 15 is 0 Å². The summed E-state index contributed by atoms with van der Waals surface area (Å²) in [6, 6.07) is 8.94. The van der Waals surface area contributed by atoms with Gasteiger partial charge in [0.05, 0.1) is 31.0 Å². The average molecular weight is 617 g/mol. The molecule has 1 aliphatic carbocycles. The third-order valence-corrected chi connectivity index (χ3v) is 8.58. The number of amides is 1. The van der Waals surface area contributed by atoms with E-state index in [1.165, 1.54) is 0 Å². The van der Waals surface area contributed by atoms with Gasteiger partial charge in [-0.25, -0.2) is 4.68 Å². The summed E-state index contributed by atoms with van der Waals surface area (Å²) in [5, 5.41) is 5.72. The maximum Gasteiger partial charge on any atom is 0.309 e. The molecule has 2 aliphatic rings. The molecule has 11 heteroatoms. The number of fused-ring (bicyclic) bond motifs is 3. The molecule has 42 heavy (non-hydrogen) atoms. The molecule has 1 aromatic heterocycles. The normalized spacial score (nSPS) is 17.1. The molecular formula is C31H35Cl2N3O6. The van der Waals surface area contributed by atoms with Gasteiger partial charge in [0, 0.05) is 59.5 Å². The van der Waals surface area contributed by atoms with Crippen LogP contribution in [0.1, 0.15) is 61.1 Å². The van der Waals surface area contributed by atoms with Gasteiger partial charge in [-0.2, -0.15) is 5.10 Å². The van der Waals surface area contributed by atoms with Crippen molar-refractivity contribution in [2.24, 2.45) is 5.92 Å². The highest BCUT2D eigenvalue weighted by atomic mass is 35.5. The Morgan fingerprint density at radius 3 is 2.50 bits per heavy atom. The van der Waals surface area contributed by atoms with Gasteiger partial charge in [0.2, 0.25) is 0 Å². The molecule has 1 saturated carbocycles. The molecule has 3 aromatic rings. The van der Waals surface area contributed by atoms with E-state index in [4.69, 9.17) is 47.2 Å². The van der Waals surface area contributed by atoms with Crippen molar-refractivity contribution in [3.63, 3.8) is 0 Å². The number of hydrogen-bond acceptors (Lipinski definition) is 7. The van der Waals surface area contributed by atoms with E-state index in [-0.39, 0.29) is 36.0 Å². The lowest BCUT2D eigenvalue weighted by Crippen LogP contribution is -2.46. The number of benzene rings is 2. The van der Waals surface area contributed by atoms with E-state index in [0.717, 1.165) is 11.1 Å². The number of aromatic nitrogens is 2. The van der Waals surface area contributed by atoms with E-state index in [2.05, 4.69) is 0 Å². The Kier molecular flexibility index (Phi) is 8.47. The van der Waals surface area contributed by atoms with E-state index in [9.17, 15) is 9.59 Å². The first-order valence-electron chi connectivity index (χ1n) is 13.9. The Bertz CT molecular complexity index is 1520. The second kappa shape index (κ2) is 11.8. The fourth-order valence-electron chi connectivity index (χ4n) is 5.38. The number of carbonyl (C=O) groups is 2. The van der Waals surface area contributed by atoms with Crippen LogP contribution in [0.4, 0.5) is 0 Å². The Morgan fingerprint density at radius 2 is 1.86 bits per heavy atom. The molecule has 1 amide bonds. The number of esters is 1. The second-order valence-electron chi connectivity index (χ2n) is 11.2. The first-order chi connectivity index (χ1) is 20.0. The van der Waals surface area contributed by atoms with Gasteiger partial charge in [-0.15, -0.1) is 0 Å². The predicted octanol–water partition coefficient (Wildman–Crippen LogP) is 6.30. The van der Waals surface area contributed by atoms with Crippen molar-refractivity contribution in [2.75, 3.05) is 34.5 Å². The molecule has 2 heterocycles. The van der Waals surface area contributed by atoms with Crippen molar-refractivity contribution >= 4 is 35.1 Å². The minimum atomic E-state index is -0.495. The zero-order valence-corrected chi connectivity index (χ0v) is 26.1. The predicted molar refractivity (Wildman–Crippen MR) is 160 cm³/mol. The van der Waals surface area contributed by atoms with Gasteiger partial charge in [-0.05, 0) is 63.4 Å². The molecule has 0 N–H and O–H groups in total. The van der Waals surface area contributed by atoms with Gasteiger partial charge in [0.1, 0.15) is 18.1 Å². The van der Waals surface area contributed by atoms with E-state index in [1.807, 2.05) is 26.0 Å². The monoisotopic (exact) mass is 615 g/mol. The zero-order valence-electron chi connectivity index (χ0n) is 24.6. The van der Waals surface area contributed by atoms with Gasteiger partial charge in [-0.3, -0.25) is 9.59 Å². The highest BCUT2D eigenvalue weighted by molar-refractivity contribution is 6.34. The van der Waals surface area contributed by atoms with Crippen molar-refractivity contribution < 1.29 is 28.5 Å². The molecule has 224 valence electrons. The number of methoxy groups -OCH3 is 2. The van der Waals surface area contributed by atoms with Crippen LogP contribution in [0.2, 0.25) is 10.0 Å². The summed E-state index contributed by atoms with van der Waals surface area (Å²) in [5.41, 5.74) is 3.31. The molecule has 1 unspecified atom stereocenters. The number of rotatable bonds is 10. The summed E-state index contributed by atoms with van der Waals surface area (Å²) in [7, 11) is 5.00. The number of nitrogens with zero attached hydrogens (tertiary/aromatic N) is 3. The van der Waals surface area contributed by atoms with Crippen LogP contribution in [0, 0.1) is 5.92 Å². The van der Waals surface area contributed by atoms with Crippen LogP contribution < -0.4 is 9.47 Å². The largest absolute Gasteiger partial charge is 0.496 e. The summed E-state index contributed by atoms with van der Waals surface area (Å²) in [6.07, 6.45) is 1.31. The van der Waals surface area contributed by atoms with Crippen molar-refractivity contribution in [3.05, 3.63) is 57.2 Å². The molecular weight excluding hydrogens is 581 g/mol. The molecule has 1 aliphatic heterocycles. The van der Waals surface area contributed by atoms with Gasteiger partial charge in [0.25, 0.3) is 5.91 Å². The van der Waals surface area contributed by atoms with Gasteiger partial charge >= 0.3 is 5.97 Å². The third-order valence-electron chi connectivity index (χ3n) is 8.15. The number of halogens is 2. The average Bonchev–Trinajstić information content (AvgIpc) is 3.66. The molecule has 0 spiro atoms. The number of carbonyl (C=O) groups excluding carboxylic acids is 2.